The predicted molar refractivity (Wildman–Crippen MR) is 71.2 cm³/mol. The summed E-state index contributed by atoms with van der Waals surface area (Å²) in [6.45, 7) is 1.69. The zero-order valence-corrected chi connectivity index (χ0v) is 12.2. The molecule has 19 heavy (non-hydrogen) atoms. The van der Waals surface area contributed by atoms with E-state index >= 15 is 0 Å². The Hall–Kier alpha value is -0.870. The molecule has 8 nitrogen and oxygen atoms in total. The number of hydrogen-bond donors (Lipinski definition) is 3. The molecular formula is C9H19N3O5S2. The smallest absolute Gasteiger partial charge is 0.215 e. The van der Waals surface area contributed by atoms with Gasteiger partial charge in [-0.15, -0.1) is 0 Å². The summed E-state index contributed by atoms with van der Waals surface area (Å²) in [6.07, 6.45) is 0.481. The molecule has 0 aliphatic carbocycles. The van der Waals surface area contributed by atoms with Gasteiger partial charge in [-0.3, -0.25) is 0 Å². The number of rotatable bonds is 5. The molecule has 1 aliphatic heterocycles. The molecule has 0 bridgehead atoms. The van der Waals surface area contributed by atoms with Gasteiger partial charge in [-0.25, -0.2) is 21.6 Å². The van der Waals surface area contributed by atoms with Crippen LogP contribution in [0.4, 0.5) is 0 Å². The third kappa shape index (κ3) is 4.32. The minimum Gasteiger partial charge on any atom is -0.409 e. The molecule has 1 heterocycles. The van der Waals surface area contributed by atoms with Gasteiger partial charge in [-0.2, -0.15) is 0 Å². The largest absolute Gasteiger partial charge is 0.409 e. The van der Waals surface area contributed by atoms with E-state index in [9.17, 15) is 16.8 Å². The number of sulfonamides is 1. The molecule has 1 unspecified atom stereocenters. The molecule has 1 aliphatic rings. The van der Waals surface area contributed by atoms with E-state index in [4.69, 9.17) is 10.9 Å². The van der Waals surface area contributed by atoms with E-state index in [1.807, 2.05) is 0 Å². The van der Waals surface area contributed by atoms with Crippen LogP contribution < -0.4 is 10.5 Å². The summed E-state index contributed by atoms with van der Waals surface area (Å²) in [5.74, 6) is -0.466. The first-order valence-electron chi connectivity index (χ1n) is 5.91. The molecule has 0 amide bonds. The fraction of sp³-hybridized carbons (Fsp3) is 0.889. The Morgan fingerprint density at radius 3 is 2.42 bits per heavy atom. The number of nitrogens with two attached hydrogens (primary N) is 1. The SMILES string of the molecule is CCC(NS(=O)(=O)C1CCS(=O)(=O)CC1)C(N)=NO. The van der Waals surface area contributed by atoms with Crippen LogP contribution in [0.2, 0.25) is 0 Å². The van der Waals surface area contributed by atoms with Crippen molar-refractivity contribution >= 4 is 25.7 Å². The maximum atomic E-state index is 12.1. The summed E-state index contributed by atoms with van der Waals surface area (Å²) in [5, 5.41) is 10.6. The Balaban J connectivity index is 2.77. The van der Waals surface area contributed by atoms with E-state index in [1.165, 1.54) is 0 Å². The van der Waals surface area contributed by atoms with Crippen LogP contribution in [-0.4, -0.2) is 50.7 Å². The van der Waals surface area contributed by atoms with Crippen molar-refractivity contribution in [1.29, 1.82) is 0 Å². The normalized spacial score (nSPS) is 23.1. The maximum Gasteiger partial charge on any atom is 0.215 e. The zero-order valence-electron chi connectivity index (χ0n) is 10.6. The summed E-state index contributed by atoms with van der Waals surface area (Å²) in [6, 6.07) is -0.784. The summed E-state index contributed by atoms with van der Waals surface area (Å²) >= 11 is 0. The quantitative estimate of drug-likeness (QED) is 0.258. The molecular weight excluding hydrogens is 294 g/mol. The molecule has 0 radical (unpaired) electrons. The van der Waals surface area contributed by atoms with E-state index < -0.39 is 31.2 Å². The summed E-state index contributed by atoms with van der Waals surface area (Å²) in [5.41, 5.74) is 5.38. The van der Waals surface area contributed by atoms with Gasteiger partial charge in [-0.1, -0.05) is 12.1 Å². The van der Waals surface area contributed by atoms with Crippen LogP contribution in [0, 0.1) is 0 Å². The van der Waals surface area contributed by atoms with Gasteiger partial charge in [0.1, 0.15) is 9.84 Å². The Bertz CT molecular complexity index is 526. The molecule has 1 fully saturated rings. The van der Waals surface area contributed by atoms with Crippen molar-refractivity contribution in [2.24, 2.45) is 10.9 Å². The lowest BCUT2D eigenvalue weighted by Gasteiger charge is -2.24. The first-order chi connectivity index (χ1) is 8.72. The van der Waals surface area contributed by atoms with Crippen molar-refractivity contribution in [2.75, 3.05) is 11.5 Å². The number of amidine groups is 1. The standard InChI is InChI=1S/C9H19N3O5S2/c1-2-8(9(10)11-13)12-19(16,17)7-3-5-18(14,15)6-4-7/h7-8,12-13H,2-6H2,1H3,(H2,10,11). The molecule has 1 atom stereocenters. The highest BCUT2D eigenvalue weighted by atomic mass is 32.2. The van der Waals surface area contributed by atoms with Gasteiger partial charge >= 0.3 is 0 Å². The number of nitrogens with zero attached hydrogens (tertiary/aromatic N) is 1. The van der Waals surface area contributed by atoms with Crippen LogP contribution in [-0.2, 0) is 19.9 Å². The monoisotopic (exact) mass is 313 g/mol. The molecule has 112 valence electrons. The van der Waals surface area contributed by atoms with Gasteiger partial charge in [0.25, 0.3) is 0 Å². The maximum absolute atomic E-state index is 12.1. The number of sulfone groups is 1. The Kier molecular flexibility index (Phi) is 5.16. The first kappa shape index (κ1) is 16.2. The molecule has 4 N–H and O–H groups in total. The van der Waals surface area contributed by atoms with Crippen LogP contribution in [0.25, 0.3) is 0 Å². The zero-order chi connectivity index (χ0) is 14.7. The molecule has 0 aromatic heterocycles. The van der Waals surface area contributed by atoms with Crippen molar-refractivity contribution in [2.45, 2.75) is 37.5 Å². The molecule has 0 spiro atoms. The third-order valence-electron chi connectivity index (χ3n) is 3.13. The van der Waals surface area contributed by atoms with Crippen molar-refractivity contribution in [3.05, 3.63) is 0 Å². The second-order valence-electron chi connectivity index (χ2n) is 4.50. The third-order valence-corrected chi connectivity index (χ3v) is 6.81. The van der Waals surface area contributed by atoms with Crippen molar-refractivity contribution in [3.63, 3.8) is 0 Å². The number of nitrogens with one attached hydrogen (secondary N) is 1. The predicted octanol–water partition coefficient (Wildman–Crippen LogP) is -0.992. The highest BCUT2D eigenvalue weighted by molar-refractivity contribution is 7.92. The molecule has 1 saturated heterocycles. The van der Waals surface area contributed by atoms with E-state index in [0.29, 0.717) is 6.42 Å². The average Bonchev–Trinajstić information content (AvgIpc) is 2.34. The van der Waals surface area contributed by atoms with Gasteiger partial charge in [-0.05, 0) is 19.3 Å². The fourth-order valence-corrected chi connectivity index (χ4v) is 5.42. The molecule has 0 aromatic carbocycles. The Labute approximate surface area is 113 Å². The molecule has 0 aromatic rings. The van der Waals surface area contributed by atoms with Crippen LogP contribution in [0.5, 0.6) is 0 Å². The van der Waals surface area contributed by atoms with Crippen LogP contribution in [0.1, 0.15) is 26.2 Å². The average molecular weight is 313 g/mol. The minimum atomic E-state index is -3.69. The summed E-state index contributed by atoms with van der Waals surface area (Å²) in [4.78, 5) is 0. The highest BCUT2D eigenvalue weighted by Gasteiger charge is 2.34. The van der Waals surface area contributed by atoms with Crippen LogP contribution in [0.15, 0.2) is 5.16 Å². The lowest BCUT2D eigenvalue weighted by atomic mass is 10.2. The minimum absolute atomic E-state index is 0.0737. The molecule has 0 saturated carbocycles. The van der Waals surface area contributed by atoms with Crippen molar-refractivity contribution < 1.29 is 22.0 Å². The van der Waals surface area contributed by atoms with E-state index in [-0.39, 0.29) is 30.2 Å². The second kappa shape index (κ2) is 6.06. The fourth-order valence-electron chi connectivity index (χ4n) is 1.90. The van der Waals surface area contributed by atoms with Gasteiger partial charge < -0.3 is 10.9 Å². The number of hydrogen-bond acceptors (Lipinski definition) is 6. The number of oxime groups is 1. The summed E-state index contributed by atoms with van der Waals surface area (Å²) < 4.78 is 49.1. The van der Waals surface area contributed by atoms with E-state index in [0.717, 1.165) is 0 Å². The second-order valence-corrected chi connectivity index (χ2v) is 8.80. The Morgan fingerprint density at radius 2 is 2.00 bits per heavy atom. The van der Waals surface area contributed by atoms with E-state index in [1.54, 1.807) is 6.92 Å². The lowest BCUT2D eigenvalue weighted by Crippen LogP contribution is -2.49. The topological polar surface area (TPSA) is 139 Å². The van der Waals surface area contributed by atoms with Gasteiger partial charge in [0.2, 0.25) is 10.0 Å². The first-order valence-corrected chi connectivity index (χ1v) is 9.27. The van der Waals surface area contributed by atoms with Gasteiger partial charge in [0.15, 0.2) is 5.84 Å². The summed E-state index contributed by atoms with van der Waals surface area (Å²) in [7, 11) is -6.80. The highest BCUT2D eigenvalue weighted by Crippen LogP contribution is 2.19. The van der Waals surface area contributed by atoms with Crippen LogP contribution in [0.3, 0.4) is 0 Å². The lowest BCUT2D eigenvalue weighted by molar-refractivity contribution is 0.315. The van der Waals surface area contributed by atoms with Crippen LogP contribution >= 0.6 is 0 Å². The molecule has 1 rings (SSSR count). The Morgan fingerprint density at radius 1 is 1.47 bits per heavy atom. The van der Waals surface area contributed by atoms with Crippen molar-refractivity contribution in [3.8, 4) is 0 Å². The van der Waals surface area contributed by atoms with Crippen molar-refractivity contribution in [1.82, 2.24) is 4.72 Å². The van der Waals surface area contributed by atoms with Gasteiger partial charge in [0, 0.05) is 0 Å². The van der Waals surface area contributed by atoms with Gasteiger partial charge in [0.05, 0.1) is 22.8 Å². The van der Waals surface area contributed by atoms with E-state index in [2.05, 4.69) is 9.88 Å². The molecule has 10 heteroatoms.